The van der Waals surface area contributed by atoms with Crippen molar-refractivity contribution in [2.24, 2.45) is 0 Å². The van der Waals surface area contributed by atoms with Crippen molar-refractivity contribution >= 4 is 0 Å². The Morgan fingerprint density at radius 1 is 1.24 bits per heavy atom. The zero-order valence-electron chi connectivity index (χ0n) is 13.3. The average Bonchev–Trinajstić information content (AvgIpc) is 3.17. The summed E-state index contributed by atoms with van der Waals surface area (Å²) in [6.45, 7) is 7.12. The Labute approximate surface area is 127 Å². The molecule has 1 heterocycles. The van der Waals surface area contributed by atoms with Crippen LogP contribution in [0.3, 0.4) is 0 Å². The van der Waals surface area contributed by atoms with Gasteiger partial charge >= 0.3 is 0 Å². The summed E-state index contributed by atoms with van der Waals surface area (Å²) in [6.07, 6.45) is 5.10. The lowest BCUT2D eigenvalue weighted by atomic mass is 9.83. The first kappa shape index (κ1) is 14.9. The Hall–Kier alpha value is -1.06. The second kappa shape index (κ2) is 5.98. The third kappa shape index (κ3) is 2.36. The molecule has 1 N–H and O–H groups in total. The minimum Gasteiger partial charge on any atom is -0.493 e. The molecule has 3 heteroatoms. The molecule has 116 valence electrons. The second-order valence-electron chi connectivity index (χ2n) is 6.32. The molecule has 3 rings (SSSR count). The number of nitrogens with zero attached hydrogens (tertiary/aromatic N) is 1. The second-order valence-corrected chi connectivity index (χ2v) is 6.32. The molecular formula is C18H27NO2. The van der Waals surface area contributed by atoms with Crippen LogP contribution in [-0.4, -0.2) is 35.2 Å². The first-order chi connectivity index (χ1) is 10.2. The Morgan fingerprint density at radius 3 is 2.62 bits per heavy atom. The highest BCUT2D eigenvalue weighted by Gasteiger charge is 2.46. The number of benzene rings is 1. The zero-order valence-corrected chi connectivity index (χ0v) is 13.3. The van der Waals surface area contributed by atoms with Gasteiger partial charge in [-0.25, -0.2) is 0 Å². The van der Waals surface area contributed by atoms with Gasteiger partial charge in [-0.05, 0) is 31.5 Å². The van der Waals surface area contributed by atoms with Gasteiger partial charge in [0.25, 0.3) is 0 Å². The van der Waals surface area contributed by atoms with E-state index in [-0.39, 0.29) is 5.54 Å². The molecule has 21 heavy (non-hydrogen) atoms. The van der Waals surface area contributed by atoms with Crippen LogP contribution >= 0.6 is 0 Å². The zero-order chi connectivity index (χ0) is 14.9. The monoisotopic (exact) mass is 289 g/mol. The van der Waals surface area contributed by atoms with E-state index in [1.807, 2.05) is 0 Å². The molecule has 0 spiro atoms. The van der Waals surface area contributed by atoms with E-state index in [9.17, 15) is 5.11 Å². The van der Waals surface area contributed by atoms with E-state index in [0.29, 0.717) is 0 Å². The molecular weight excluding hydrogens is 262 g/mol. The number of aliphatic hydroxyl groups is 1. The van der Waals surface area contributed by atoms with Gasteiger partial charge in [0.05, 0.1) is 12.1 Å². The Bertz CT molecular complexity index is 490. The van der Waals surface area contributed by atoms with Crippen molar-refractivity contribution < 1.29 is 9.84 Å². The summed E-state index contributed by atoms with van der Waals surface area (Å²) >= 11 is 0. The molecule has 0 bridgehead atoms. The summed E-state index contributed by atoms with van der Waals surface area (Å²) in [5.41, 5.74) is 2.14. The minimum atomic E-state index is -0.451. The maximum absolute atomic E-state index is 11.2. The average molecular weight is 289 g/mol. The van der Waals surface area contributed by atoms with E-state index in [4.69, 9.17) is 4.74 Å². The van der Waals surface area contributed by atoms with Gasteiger partial charge in [-0.15, -0.1) is 0 Å². The van der Waals surface area contributed by atoms with Gasteiger partial charge in [-0.1, -0.05) is 44.9 Å². The highest BCUT2D eigenvalue weighted by atomic mass is 16.5. The number of ether oxygens (including phenoxy) is 1. The summed E-state index contributed by atoms with van der Waals surface area (Å²) < 4.78 is 5.82. The Morgan fingerprint density at radius 2 is 1.95 bits per heavy atom. The molecule has 0 aromatic heterocycles. The van der Waals surface area contributed by atoms with Crippen LogP contribution in [0.4, 0.5) is 0 Å². The predicted molar refractivity (Wildman–Crippen MR) is 84.7 cm³/mol. The SMILES string of the molecule is CCN(CC)C1(C(O)c2cccc3c2OCC3)CCCC1. The van der Waals surface area contributed by atoms with Crippen LogP contribution in [-0.2, 0) is 6.42 Å². The molecule has 1 aliphatic heterocycles. The Kier molecular flexibility index (Phi) is 4.23. The fraction of sp³-hybridized carbons (Fsp3) is 0.667. The molecule has 1 atom stereocenters. The van der Waals surface area contributed by atoms with Gasteiger partial charge in [-0.3, -0.25) is 4.90 Å². The van der Waals surface area contributed by atoms with Crippen LogP contribution in [0.15, 0.2) is 18.2 Å². The van der Waals surface area contributed by atoms with Crippen LogP contribution in [0.2, 0.25) is 0 Å². The number of hydrogen-bond donors (Lipinski definition) is 1. The van der Waals surface area contributed by atoms with Gasteiger partial charge in [0.1, 0.15) is 11.9 Å². The molecule has 1 aromatic rings. The lowest BCUT2D eigenvalue weighted by molar-refractivity contribution is -0.0278. The fourth-order valence-corrected chi connectivity index (χ4v) is 4.35. The van der Waals surface area contributed by atoms with Crippen LogP contribution in [0.25, 0.3) is 0 Å². The third-order valence-corrected chi connectivity index (χ3v) is 5.41. The first-order valence-corrected chi connectivity index (χ1v) is 8.40. The summed E-state index contributed by atoms with van der Waals surface area (Å²) in [5, 5.41) is 11.2. The van der Waals surface area contributed by atoms with Crippen molar-refractivity contribution in [3.8, 4) is 5.75 Å². The number of aliphatic hydroxyl groups excluding tert-OH is 1. The lowest BCUT2D eigenvalue weighted by Crippen LogP contribution is -2.51. The Balaban J connectivity index is 1.99. The smallest absolute Gasteiger partial charge is 0.128 e. The van der Waals surface area contributed by atoms with Crippen LogP contribution in [0.1, 0.15) is 56.8 Å². The maximum Gasteiger partial charge on any atom is 0.128 e. The van der Waals surface area contributed by atoms with E-state index in [0.717, 1.165) is 50.3 Å². The van der Waals surface area contributed by atoms with E-state index in [1.165, 1.54) is 18.4 Å². The van der Waals surface area contributed by atoms with E-state index in [1.54, 1.807) is 0 Å². The quantitative estimate of drug-likeness (QED) is 0.902. The number of likely N-dealkylation sites (N-methyl/N-ethyl adjacent to an activating group) is 1. The first-order valence-electron chi connectivity index (χ1n) is 8.40. The molecule has 0 radical (unpaired) electrons. The summed E-state index contributed by atoms with van der Waals surface area (Å²) in [5.74, 6) is 0.948. The lowest BCUT2D eigenvalue weighted by Gasteiger charge is -2.44. The molecule has 0 saturated heterocycles. The molecule has 1 unspecified atom stereocenters. The van der Waals surface area contributed by atoms with E-state index >= 15 is 0 Å². The van der Waals surface area contributed by atoms with Gasteiger partial charge in [-0.2, -0.15) is 0 Å². The van der Waals surface area contributed by atoms with Crippen LogP contribution < -0.4 is 4.74 Å². The number of hydrogen-bond acceptors (Lipinski definition) is 3. The fourth-order valence-electron chi connectivity index (χ4n) is 4.35. The molecule has 1 aliphatic carbocycles. The van der Waals surface area contributed by atoms with Crippen molar-refractivity contribution in [3.63, 3.8) is 0 Å². The van der Waals surface area contributed by atoms with Crippen LogP contribution in [0, 0.1) is 0 Å². The number of rotatable bonds is 5. The van der Waals surface area contributed by atoms with Gasteiger partial charge < -0.3 is 9.84 Å². The van der Waals surface area contributed by atoms with Gasteiger partial charge in [0.2, 0.25) is 0 Å². The summed E-state index contributed by atoms with van der Waals surface area (Å²) in [6, 6.07) is 6.24. The number of para-hydroxylation sites is 1. The topological polar surface area (TPSA) is 32.7 Å². The minimum absolute atomic E-state index is 0.107. The van der Waals surface area contributed by atoms with Crippen molar-refractivity contribution in [3.05, 3.63) is 29.3 Å². The standard InChI is InChI=1S/C18H27NO2/c1-3-19(4-2)18(11-5-6-12-18)17(20)15-9-7-8-14-10-13-21-16(14)15/h7-9,17,20H,3-6,10-13H2,1-2H3. The molecule has 0 amide bonds. The molecule has 1 saturated carbocycles. The van der Waals surface area contributed by atoms with Gasteiger partial charge in [0, 0.05) is 12.0 Å². The molecule has 3 nitrogen and oxygen atoms in total. The predicted octanol–water partition coefficient (Wildman–Crippen LogP) is 3.31. The van der Waals surface area contributed by atoms with Crippen LogP contribution in [0.5, 0.6) is 5.75 Å². The third-order valence-electron chi connectivity index (χ3n) is 5.41. The normalized spacial score (nSPS) is 21.3. The highest BCUT2D eigenvalue weighted by molar-refractivity contribution is 5.46. The van der Waals surface area contributed by atoms with Gasteiger partial charge in [0.15, 0.2) is 0 Å². The molecule has 2 aliphatic rings. The molecule has 1 aromatic carbocycles. The number of fused-ring (bicyclic) bond motifs is 1. The molecule has 1 fully saturated rings. The van der Waals surface area contributed by atoms with Crippen molar-refractivity contribution in [1.82, 2.24) is 4.90 Å². The summed E-state index contributed by atoms with van der Waals surface area (Å²) in [7, 11) is 0. The van der Waals surface area contributed by atoms with Crippen molar-refractivity contribution in [2.75, 3.05) is 19.7 Å². The largest absolute Gasteiger partial charge is 0.493 e. The van der Waals surface area contributed by atoms with Crippen molar-refractivity contribution in [2.45, 2.75) is 57.6 Å². The van der Waals surface area contributed by atoms with E-state index < -0.39 is 6.10 Å². The summed E-state index contributed by atoms with van der Waals surface area (Å²) in [4.78, 5) is 2.46. The van der Waals surface area contributed by atoms with Crippen molar-refractivity contribution in [1.29, 1.82) is 0 Å². The highest BCUT2D eigenvalue weighted by Crippen LogP contribution is 2.47. The van der Waals surface area contributed by atoms with E-state index in [2.05, 4.69) is 36.9 Å². The maximum atomic E-state index is 11.2.